The van der Waals surface area contributed by atoms with E-state index >= 15 is 0 Å². The van der Waals surface area contributed by atoms with Crippen molar-refractivity contribution in [3.05, 3.63) is 65.5 Å². The van der Waals surface area contributed by atoms with Crippen LogP contribution in [0.1, 0.15) is 17.2 Å². The fourth-order valence-corrected chi connectivity index (χ4v) is 2.13. The van der Waals surface area contributed by atoms with Gasteiger partial charge in [-0.2, -0.15) is 0 Å². The van der Waals surface area contributed by atoms with Crippen LogP contribution in [0.3, 0.4) is 0 Å². The van der Waals surface area contributed by atoms with Gasteiger partial charge in [0.2, 0.25) is 0 Å². The van der Waals surface area contributed by atoms with Crippen molar-refractivity contribution in [2.24, 2.45) is 0 Å². The number of amides is 2. The third kappa shape index (κ3) is 4.89. The molecule has 1 unspecified atom stereocenters. The van der Waals surface area contributed by atoms with Gasteiger partial charge in [-0.15, -0.1) is 0 Å². The first-order valence-corrected chi connectivity index (χ1v) is 7.43. The molecule has 2 aromatic carbocycles. The standard InChI is InChI=1S/C18H19FN2O3/c1-12-6-8-15(9-7-12)21-18(23)17(22)20-11-16(24-2)13-4-3-5-14(19)10-13/h3-10,16H,11H2,1-2H3,(H,20,22)(H,21,23). The van der Waals surface area contributed by atoms with Crippen LogP contribution < -0.4 is 10.6 Å². The van der Waals surface area contributed by atoms with Gasteiger partial charge in [0.05, 0.1) is 6.10 Å². The average Bonchev–Trinajstić information content (AvgIpc) is 2.57. The summed E-state index contributed by atoms with van der Waals surface area (Å²) in [4.78, 5) is 23.7. The van der Waals surface area contributed by atoms with Crippen LogP contribution in [-0.4, -0.2) is 25.5 Å². The van der Waals surface area contributed by atoms with Gasteiger partial charge in [0.25, 0.3) is 0 Å². The van der Waals surface area contributed by atoms with E-state index in [1.54, 1.807) is 24.3 Å². The van der Waals surface area contributed by atoms with Crippen LogP contribution in [0.4, 0.5) is 10.1 Å². The molecule has 5 nitrogen and oxygen atoms in total. The van der Waals surface area contributed by atoms with Crippen molar-refractivity contribution in [1.29, 1.82) is 0 Å². The predicted octanol–water partition coefficient (Wildman–Crippen LogP) is 2.58. The first-order chi connectivity index (χ1) is 11.5. The van der Waals surface area contributed by atoms with Crippen molar-refractivity contribution in [3.8, 4) is 0 Å². The van der Waals surface area contributed by atoms with E-state index in [2.05, 4.69) is 10.6 Å². The number of carbonyl (C=O) groups is 2. The number of nitrogens with one attached hydrogen (secondary N) is 2. The zero-order chi connectivity index (χ0) is 17.5. The lowest BCUT2D eigenvalue weighted by Gasteiger charge is -2.16. The van der Waals surface area contributed by atoms with E-state index in [1.165, 1.54) is 19.2 Å². The molecular weight excluding hydrogens is 311 g/mol. The van der Waals surface area contributed by atoms with Crippen LogP contribution >= 0.6 is 0 Å². The second-order valence-corrected chi connectivity index (χ2v) is 5.31. The Kier molecular flexibility index (Phi) is 6.03. The Morgan fingerprint density at radius 2 is 1.83 bits per heavy atom. The topological polar surface area (TPSA) is 67.4 Å². The zero-order valence-electron chi connectivity index (χ0n) is 13.5. The summed E-state index contributed by atoms with van der Waals surface area (Å²) in [7, 11) is 1.45. The van der Waals surface area contributed by atoms with E-state index in [1.807, 2.05) is 19.1 Å². The molecular formula is C18H19FN2O3. The number of anilines is 1. The minimum atomic E-state index is -0.783. The van der Waals surface area contributed by atoms with Crippen LogP contribution in [-0.2, 0) is 14.3 Å². The summed E-state index contributed by atoms with van der Waals surface area (Å²) in [6.07, 6.45) is -0.545. The lowest BCUT2D eigenvalue weighted by Crippen LogP contribution is -2.38. The van der Waals surface area contributed by atoms with E-state index in [4.69, 9.17) is 4.74 Å². The summed E-state index contributed by atoms with van der Waals surface area (Å²) < 4.78 is 18.5. The number of carbonyl (C=O) groups excluding carboxylic acids is 2. The number of rotatable bonds is 5. The molecule has 0 aliphatic heterocycles. The van der Waals surface area contributed by atoms with Gasteiger partial charge in [-0.25, -0.2) is 4.39 Å². The smallest absolute Gasteiger partial charge is 0.313 e. The third-order valence-corrected chi connectivity index (χ3v) is 3.47. The summed E-state index contributed by atoms with van der Waals surface area (Å²) in [5.41, 5.74) is 2.17. The minimum absolute atomic E-state index is 0.0557. The van der Waals surface area contributed by atoms with Crippen LogP contribution in [0.15, 0.2) is 48.5 Å². The maximum atomic E-state index is 13.3. The van der Waals surface area contributed by atoms with Gasteiger partial charge in [0, 0.05) is 19.3 Å². The molecule has 0 radical (unpaired) electrons. The number of hydrogen-bond donors (Lipinski definition) is 2. The number of ether oxygens (including phenoxy) is 1. The van der Waals surface area contributed by atoms with Crippen molar-refractivity contribution in [2.75, 3.05) is 19.0 Å². The summed E-state index contributed by atoms with van der Waals surface area (Å²) in [6, 6.07) is 13.0. The van der Waals surface area contributed by atoms with Crippen LogP contribution in [0, 0.1) is 12.7 Å². The molecule has 2 aromatic rings. The molecule has 0 bridgehead atoms. The van der Waals surface area contributed by atoms with Gasteiger partial charge in [-0.3, -0.25) is 9.59 Å². The monoisotopic (exact) mass is 330 g/mol. The number of halogens is 1. The molecule has 0 fully saturated rings. The SMILES string of the molecule is COC(CNC(=O)C(=O)Nc1ccc(C)cc1)c1cccc(F)c1. The summed E-state index contributed by atoms with van der Waals surface area (Å²) >= 11 is 0. The Balaban J connectivity index is 1.91. The number of benzene rings is 2. The third-order valence-electron chi connectivity index (χ3n) is 3.47. The summed E-state index contributed by atoms with van der Waals surface area (Å²) in [5.74, 6) is -1.94. The molecule has 2 amide bonds. The molecule has 126 valence electrons. The Morgan fingerprint density at radius 3 is 2.46 bits per heavy atom. The Bertz CT molecular complexity index is 716. The van der Waals surface area contributed by atoms with Gasteiger partial charge in [-0.05, 0) is 36.8 Å². The molecule has 24 heavy (non-hydrogen) atoms. The molecule has 0 spiro atoms. The van der Waals surface area contributed by atoms with Gasteiger partial charge < -0.3 is 15.4 Å². The lowest BCUT2D eigenvalue weighted by atomic mass is 10.1. The van der Waals surface area contributed by atoms with Crippen molar-refractivity contribution < 1.29 is 18.7 Å². The van der Waals surface area contributed by atoms with Gasteiger partial charge >= 0.3 is 11.8 Å². The molecule has 0 saturated heterocycles. The van der Waals surface area contributed by atoms with E-state index in [0.29, 0.717) is 11.3 Å². The normalized spacial score (nSPS) is 11.6. The largest absolute Gasteiger partial charge is 0.375 e. The van der Waals surface area contributed by atoms with Gasteiger partial charge in [-0.1, -0.05) is 29.8 Å². The molecule has 0 saturated carbocycles. The molecule has 1 atom stereocenters. The van der Waals surface area contributed by atoms with Crippen molar-refractivity contribution in [2.45, 2.75) is 13.0 Å². The van der Waals surface area contributed by atoms with Crippen LogP contribution in [0.25, 0.3) is 0 Å². The zero-order valence-corrected chi connectivity index (χ0v) is 13.5. The minimum Gasteiger partial charge on any atom is -0.375 e. The van der Waals surface area contributed by atoms with E-state index in [9.17, 15) is 14.0 Å². The quantitative estimate of drug-likeness (QED) is 0.828. The number of methoxy groups -OCH3 is 1. The molecule has 0 aliphatic rings. The Morgan fingerprint density at radius 1 is 1.12 bits per heavy atom. The van der Waals surface area contributed by atoms with Gasteiger partial charge in [0.1, 0.15) is 5.82 Å². The molecule has 6 heteroatoms. The van der Waals surface area contributed by atoms with Crippen molar-refractivity contribution >= 4 is 17.5 Å². The van der Waals surface area contributed by atoms with Crippen LogP contribution in [0.2, 0.25) is 0 Å². The maximum Gasteiger partial charge on any atom is 0.313 e. The second-order valence-electron chi connectivity index (χ2n) is 5.31. The van der Waals surface area contributed by atoms with E-state index in [-0.39, 0.29) is 6.54 Å². The molecule has 2 N–H and O–H groups in total. The predicted molar refractivity (Wildman–Crippen MR) is 89.0 cm³/mol. The first kappa shape index (κ1) is 17.6. The summed E-state index contributed by atoms with van der Waals surface area (Å²) in [5, 5.41) is 4.99. The molecule has 2 rings (SSSR count). The fourth-order valence-electron chi connectivity index (χ4n) is 2.13. The Labute approximate surface area is 139 Å². The molecule has 0 aliphatic carbocycles. The maximum absolute atomic E-state index is 13.3. The second kappa shape index (κ2) is 8.21. The molecule has 0 heterocycles. The number of aryl methyl sites for hydroxylation is 1. The van der Waals surface area contributed by atoms with Crippen LogP contribution in [0.5, 0.6) is 0 Å². The first-order valence-electron chi connectivity index (χ1n) is 7.43. The Hall–Kier alpha value is -2.73. The highest BCUT2D eigenvalue weighted by molar-refractivity contribution is 6.39. The number of hydrogen-bond acceptors (Lipinski definition) is 3. The lowest BCUT2D eigenvalue weighted by molar-refractivity contribution is -0.136. The highest BCUT2D eigenvalue weighted by Crippen LogP contribution is 2.16. The van der Waals surface area contributed by atoms with Gasteiger partial charge in [0.15, 0.2) is 0 Å². The fraction of sp³-hybridized carbons (Fsp3) is 0.222. The van der Waals surface area contributed by atoms with Crippen molar-refractivity contribution in [1.82, 2.24) is 5.32 Å². The highest BCUT2D eigenvalue weighted by atomic mass is 19.1. The van der Waals surface area contributed by atoms with E-state index in [0.717, 1.165) is 5.56 Å². The average molecular weight is 330 g/mol. The van der Waals surface area contributed by atoms with Crippen molar-refractivity contribution in [3.63, 3.8) is 0 Å². The summed E-state index contributed by atoms with van der Waals surface area (Å²) in [6.45, 7) is 1.98. The molecule has 0 aromatic heterocycles. The van der Waals surface area contributed by atoms with E-state index < -0.39 is 23.7 Å². The highest BCUT2D eigenvalue weighted by Gasteiger charge is 2.17.